The normalized spacial score (nSPS) is 13.8. The standard InChI is InChI=1S/C10H20O2/c1-3-4-5-6-9-12-10(2)7-8-11/h7-8,10-11H,3-6,9H2,1-2H3. The van der Waals surface area contributed by atoms with Crippen LogP contribution in [0.2, 0.25) is 0 Å². The van der Waals surface area contributed by atoms with E-state index >= 15 is 0 Å². The van der Waals surface area contributed by atoms with Gasteiger partial charge < -0.3 is 9.84 Å². The Morgan fingerprint density at radius 3 is 2.67 bits per heavy atom. The summed E-state index contributed by atoms with van der Waals surface area (Å²) in [6, 6.07) is 0. The Morgan fingerprint density at radius 2 is 2.08 bits per heavy atom. The summed E-state index contributed by atoms with van der Waals surface area (Å²) in [5.41, 5.74) is 0. The minimum atomic E-state index is 0.0385. The van der Waals surface area contributed by atoms with Gasteiger partial charge in [0.25, 0.3) is 0 Å². The molecule has 0 rings (SSSR count). The molecule has 0 fully saturated rings. The van der Waals surface area contributed by atoms with Gasteiger partial charge in [0.1, 0.15) is 0 Å². The second kappa shape index (κ2) is 8.60. The summed E-state index contributed by atoms with van der Waals surface area (Å²) < 4.78 is 5.38. The molecule has 0 saturated heterocycles. The molecular weight excluding hydrogens is 152 g/mol. The van der Waals surface area contributed by atoms with Crippen molar-refractivity contribution >= 4 is 0 Å². The van der Waals surface area contributed by atoms with Gasteiger partial charge in [-0.1, -0.05) is 26.2 Å². The Balaban J connectivity index is 3.08. The van der Waals surface area contributed by atoms with Crippen LogP contribution in [0.1, 0.15) is 39.5 Å². The van der Waals surface area contributed by atoms with Gasteiger partial charge in [-0.3, -0.25) is 0 Å². The van der Waals surface area contributed by atoms with Crippen molar-refractivity contribution in [3.8, 4) is 0 Å². The summed E-state index contributed by atoms with van der Waals surface area (Å²) in [6.07, 6.45) is 7.62. The van der Waals surface area contributed by atoms with Crippen molar-refractivity contribution in [2.24, 2.45) is 0 Å². The van der Waals surface area contributed by atoms with Crippen LogP contribution in [0.15, 0.2) is 12.3 Å². The first-order valence-electron chi connectivity index (χ1n) is 4.73. The number of aliphatic hydroxyl groups excluding tert-OH is 1. The van der Waals surface area contributed by atoms with Crippen molar-refractivity contribution in [3.05, 3.63) is 12.3 Å². The predicted molar refractivity (Wildman–Crippen MR) is 51.3 cm³/mol. The fraction of sp³-hybridized carbons (Fsp3) is 0.800. The zero-order chi connectivity index (χ0) is 9.23. The molecular formula is C10H20O2. The molecule has 0 aliphatic rings. The minimum Gasteiger partial charge on any atom is -0.516 e. The van der Waals surface area contributed by atoms with E-state index in [0.717, 1.165) is 19.3 Å². The SMILES string of the molecule is CCCCCCOC(C)C=CO. The van der Waals surface area contributed by atoms with Crippen LogP contribution in [0.4, 0.5) is 0 Å². The summed E-state index contributed by atoms with van der Waals surface area (Å²) in [6.45, 7) is 4.91. The van der Waals surface area contributed by atoms with Crippen molar-refractivity contribution in [1.29, 1.82) is 0 Å². The Labute approximate surface area is 75.2 Å². The third-order valence-electron chi connectivity index (χ3n) is 1.74. The summed E-state index contributed by atoms with van der Waals surface area (Å²) >= 11 is 0. The highest BCUT2D eigenvalue weighted by Gasteiger charge is 1.95. The number of ether oxygens (including phenoxy) is 1. The second-order valence-electron chi connectivity index (χ2n) is 2.98. The van der Waals surface area contributed by atoms with Crippen LogP contribution >= 0.6 is 0 Å². The molecule has 1 unspecified atom stereocenters. The van der Waals surface area contributed by atoms with Gasteiger partial charge in [-0.15, -0.1) is 0 Å². The van der Waals surface area contributed by atoms with Crippen LogP contribution in [0, 0.1) is 0 Å². The molecule has 0 radical (unpaired) electrons. The van der Waals surface area contributed by atoms with E-state index in [4.69, 9.17) is 9.84 Å². The fourth-order valence-electron chi connectivity index (χ4n) is 0.975. The van der Waals surface area contributed by atoms with Gasteiger partial charge in [0.2, 0.25) is 0 Å². The topological polar surface area (TPSA) is 29.5 Å². The molecule has 12 heavy (non-hydrogen) atoms. The molecule has 2 nitrogen and oxygen atoms in total. The molecule has 0 aromatic carbocycles. The van der Waals surface area contributed by atoms with E-state index in [1.165, 1.54) is 19.3 Å². The van der Waals surface area contributed by atoms with Crippen LogP contribution in [0.3, 0.4) is 0 Å². The van der Waals surface area contributed by atoms with Crippen molar-refractivity contribution in [2.45, 2.75) is 45.6 Å². The molecule has 0 saturated carbocycles. The Kier molecular flexibility index (Phi) is 8.24. The zero-order valence-electron chi connectivity index (χ0n) is 8.12. The minimum absolute atomic E-state index is 0.0385. The van der Waals surface area contributed by atoms with Gasteiger partial charge in [-0.25, -0.2) is 0 Å². The molecule has 0 spiro atoms. The lowest BCUT2D eigenvalue weighted by molar-refractivity contribution is 0.0927. The first-order chi connectivity index (χ1) is 5.81. The van der Waals surface area contributed by atoms with Crippen LogP contribution in [0.5, 0.6) is 0 Å². The van der Waals surface area contributed by atoms with Crippen molar-refractivity contribution in [1.82, 2.24) is 0 Å². The van der Waals surface area contributed by atoms with Gasteiger partial charge in [-0.05, 0) is 19.4 Å². The highest BCUT2D eigenvalue weighted by molar-refractivity contribution is 4.79. The molecule has 2 heteroatoms. The first kappa shape index (κ1) is 11.5. The van der Waals surface area contributed by atoms with Crippen molar-refractivity contribution < 1.29 is 9.84 Å². The third kappa shape index (κ3) is 7.61. The average Bonchev–Trinajstić information content (AvgIpc) is 2.05. The largest absolute Gasteiger partial charge is 0.516 e. The molecule has 0 heterocycles. The highest BCUT2D eigenvalue weighted by atomic mass is 16.5. The monoisotopic (exact) mass is 172 g/mol. The lowest BCUT2D eigenvalue weighted by Crippen LogP contribution is -2.05. The lowest BCUT2D eigenvalue weighted by atomic mass is 10.2. The van der Waals surface area contributed by atoms with Crippen LogP contribution < -0.4 is 0 Å². The summed E-state index contributed by atoms with van der Waals surface area (Å²) in [7, 11) is 0. The molecule has 0 aliphatic heterocycles. The molecule has 1 atom stereocenters. The molecule has 0 amide bonds. The summed E-state index contributed by atoms with van der Waals surface area (Å²) in [5, 5.41) is 8.42. The Bertz CT molecular complexity index is 110. The smallest absolute Gasteiger partial charge is 0.0777 e. The molecule has 0 aliphatic carbocycles. The predicted octanol–water partition coefficient (Wildman–Crippen LogP) is 3.04. The maximum atomic E-state index is 8.42. The van der Waals surface area contributed by atoms with E-state index in [9.17, 15) is 0 Å². The lowest BCUT2D eigenvalue weighted by Gasteiger charge is -2.07. The summed E-state index contributed by atoms with van der Waals surface area (Å²) in [5.74, 6) is 0. The number of rotatable bonds is 7. The van der Waals surface area contributed by atoms with Crippen LogP contribution in [-0.4, -0.2) is 17.8 Å². The second-order valence-corrected chi connectivity index (χ2v) is 2.98. The van der Waals surface area contributed by atoms with E-state index in [0.29, 0.717) is 0 Å². The Hall–Kier alpha value is -0.500. The molecule has 0 bridgehead atoms. The third-order valence-corrected chi connectivity index (χ3v) is 1.74. The van der Waals surface area contributed by atoms with E-state index in [1.807, 2.05) is 6.92 Å². The number of aliphatic hydroxyl groups is 1. The number of unbranched alkanes of at least 4 members (excludes halogenated alkanes) is 3. The Morgan fingerprint density at radius 1 is 1.33 bits per heavy atom. The number of hydrogen-bond donors (Lipinski definition) is 1. The average molecular weight is 172 g/mol. The quantitative estimate of drug-likeness (QED) is 0.472. The van der Waals surface area contributed by atoms with E-state index in [1.54, 1.807) is 6.08 Å². The van der Waals surface area contributed by atoms with Crippen LogP contribution in [-0.2, 0) is 4.74 Å². The maximum absolute atomic E-state index is 8.42. The van der Waals surface area contributed by atoms with Crippen LogP contribution in [0.25, 0.3) is 0 Å². The van der Waals surface area contributed by atoms with E-state index in [2.05, 4.69) is 6.92 Å². The van der Waals surface area contributed by atoms with E-state index in [-0.39, 0.29) is 6.10 Å². The molecule has 72 valence electrons. The molecule has 1 N–H and O–H groups in total. The molecule has 0 aromatic rings. The fourth-order valence-corrected chi connectivity index (χ4v) is 0.975. The van der Waals surface area contributed by atoms with Crippen molar-refractivity contribution in [3.63, 3.8) is 0 Å². The highest BCUT2D eigenvalue weighted by Crippen LogP contribution is 2.01. The summed E-state index contributed by atoms with van der Waals surface area (Å²) in [4.78, 5) is 0. The van der Waals surface area contributed by atoms with Gasteiger partial charge in [0.15, 0.2) is 0 Å². The molecule has 0 aromatic heterocycles. The first-order valence-corrected chi connectivity index (χ1v) is 4.73. The van der Waals surface area contributed by atoms with E-state index < -0.39 is 0 Å². The van der Waals surface area contributed by atoms with Gasteiger partial charge >= 0.3 is 0 Å². The van der Waals surface area contributed by atoms with Gasteiger partial charge in [0, 0.05) is 6.61 Å². The number of hydrogen-bond acceptors (Lipinski definition) is 2. The van der Waals surface area contributed by atoms with Gasteiger partial charge in [0.05, 0.1) is 12.4 Å². The zero-order valence-corrected chi connectivity index (χ0v) is 8.12. The van der Waals surface area contributed by atoms with Gasteiger partial charge in [-0.2, -0.15) is 0 Å². The van der Waals surface area contributed by atoms with Crippen molar-refractivity contribution in [2.75, 3.05) is 6.61 Å². The maximum Gasteiger partial charge on any atom is 0.0777 e.